The predicted octanol–water partition coefficient (Wildman–Crippen LogP) is 0.694. The summed E-state index contributed by atoms with van der Waals surface area (Å²) in [5, 5.41) is 0. The first-order chi connectivity index (χ1) is 5.85. The second-order valence-corrected chi connectivity index (χ2v) is 2.92. The van der Waals surface area contributed by atoms with Crippen LogP contribution in [0.5, 0.6) is 0 Å². The molecule has 0 aliphatic rings. The van der Waals surface area contributed by atoms with Gasteiger partial charge in [0.15, 0.2) is 0 Å². The van der Waals surface area contributed by atoms with Crippen LogP contribution in [0, 0.1) is 0 Å². The van der Waals surface area contributed by atoms with Gasteiger partial charge in [-0.05, 0) is 32.5 Å². The minimum Gasteiger partial charge on any atom is -0.385 e. The largest absolute Gasteiger partial charge is 0.385 e. The van der Waals surface area contributed by atoms with Gasteiger partial charge in [-0.1, -0.05) is 6.92 Å². The summed E-state index contributed by atoms with van der Waals surface area (Å²) in [6.07, 6.45) is 2.22. The molecule has 0 fully saturated rings. The lowest BCUT2D eigenvalue weighted by Crippen LogP contribution is -2.27. The van der Waals surface area contributed by atoms with E-state index in [0.29, 0.717) is 0 Å². The Morgan fingerprint density at radius 1 is 1.25 bits per heavy atom. The number of hydrogen-bond acceptors (Lipinski definition) is 3. The van der Waals surface area contributed by atoms with E-state index in [0.717, 1.165) is 45.6 Å². The first-order valence-corrected chi connectivity index (χ1v) is 4.76. The lowest BCUT2D eigenvalue weighted by molar-refractivity contribution is 0.173. The maximum absolute atomic E-state index is 5.43. The quantitative estimate of drug-likeness (QED) is 0.550. The van der Waals surface area contributed by atoms with E-state index < -0.39 is 0 Å². The second-order valence-electron chi connectivity index (χ2n) is 2.92. The topological polar surface area (TPSA) is 38.5 Å². The molecule has 0 radical (unpaired) electrons. The van der Waals surface area contributed by atoms with Crippen molar-refractivity contribution in [2.24, 2.45) is 5.73 Å². The molecule has 0 rings (SSSR count). The average Bonchev–Trinajstić information content (AvgIpc) is 2.11. The van der Waals surface area contributed by atoms with Crippen molar-refractivity contribution in [2.45, 2.75) is 19.8 Å². The van der Waals surface area contributed by atoms with Crippen molar-refractivity contribution >= 4 is 0 Å². The fourth-order valence-corrected chi connectivity index (χ4v) is 1.18. The molecule has 0 bridgehead atoms. The van der Waals surface area contributed by atoms with E-state index in [1.54, 1.807) is 7.11 Å². The second kappa shape index (κ2) is 8.97. The number of methoxy groups -OCH3 is 1. The van der Waals surface area contributed by atoms with Gasteiger partial charge in [0.1, 0.15) is 0 Å². The minimum absolute atomic E-state index is 0.792. The first kappa shape index (κ1) is 11.9. The van der Waals surface area contributed by atoms with Gasteiger partial charge in [0.25, 0.3) is 0 Å². The van der Waals surface area contributed by atoms with Gasteiger partial charge in [0.05, 0.1) is 0 Å². The summed E-state index contributed by atoms with van der Waals surface area (Å²) in [7, 11) is 1.75. The maximum Gasteiger partial charge on any atom is 0.0474 e. The molecule has 3 nitrogen and oxygen atoms in total. The summed E-state index contributed by atoms with van der Waals surface area (Å²) >= 11 is 0. The monoisotopic (exact) mass is 174 g/mol. The van der Waals surface area contributed by atoms with Crippen molar-refractivity contribution in [3.8, 4) is 0 Å². The van der Waals surface area contributed by atoms with Crippen LogP contribution in [-0.4, -0.2) is 44.8 Å². The van der Waals surface area contributed by atoms with Crippen LogP contribution in [0.2, 0.25) is 0 Å². The molecule has 0 heterocycles. The van der Waals surface area contributed by atoms with Crippen molar-refractivity contribution in [1.82, 2.24) is 4.90 Å². The first-order valence-electron chi connectivity index (χ1n) is 4.76. The number of ether oxygens (including phenoxy) is 1. The molecule has 0 atom stereocenters. The maximum atomic E-state index is 5.43. The van der Waals surface area contributed by atoms with Crippen LogP contribution < -0.4 is 5.73 Å². The van der Waals surface area contributed by atoms with Crippen molar-refractivity contribution in [3.63, 3.8) is 0 Å². The zero-order valence-corrected chi connectivity index (χ0v) is 8.38. The number of rotatable bonds is 8. The molecule has 12 heavy (non-hydrogen) atoms. The van der Waals surface area contributed by atoms with E-state index in [-0.39, 0.29) is 0 Å². The fourth-order valence-electron chi connectivity index (χ4n) is 1.18. The predicted molar refractivity (Wildman–Crippen MR) is 52.3 cm³/mol. The van der Waals surface area contributed by atoms with E-state index in [1.807, 2.05) is 0 Å². The zero-order valence-electron chi connectivity index (χ0n) is 8.38. The van der Waals surface area contributed by atoms with E-state index in [1.165, 1.54) is 0 Å². The van der Waals surface area contributed by atoms with E-state index in [4.69, 9.17) is 10.5 Å². The normalized spacial score (nSPS) is 11.0. The van der Waals surface area contributed by atoms with Gasteiger partial charge in [-0.15, -0.1) is 0 Å². The van der Waals surface area contributed by atoms with Crippen LogP contribution in [0.4, 0.5) is 0 Å². The Balaban J connectivity index is 3.26. The molecule has 0 aromatic carbocycles. The highest BCUT2D eigenvalue weighted by molar-refractivity contribution is 4.55. The van der Waals surface area contributed by atoms with Crippen molar-refractivity contribution in [2.75, 3.05) is 39.9 Å². The summed E-state index contributed by atoms with van der Waals surface area (Å²) in [4.78, 5) is 2.41. The molecule has 0 saturated carbocycles. The molecule has 3 heteroatoms. The Bertz CT molecular complexity index is 88.6. The van der Waals surface area contributed by atoms with Crippen LogP contribution in [0.3, 0.4) is 0 Å². The number of hydrogen-bond donors (Lipinski definition) is 1. The van der Waals surface area contributed by atoms with Crippen molar-refractivity contribution in [1.29, 1.82) is 0 Å². The number of nitrogens with zero attached hydrogens (tertiary/aromatic N) is 1. The number of nitrogens with two attached hydrogens (primary N) is 1. The molecule has 0 aliphatic carbocycles. The third kappa shape index (κ3) is 6.58. The van der Waals surface area contributed by atoms with Crippen LogP contribution in [-0.2, 0) is 4.74 Å². The van der Waals surface area contributed by atoms with Gasteiger partial charge >= 0.3 is 0 Å². The molecule has 0 saturated heterocycles. The molecule has 0 amide bonds. The highest BCUT2D eigenvalue weighted by atomic mass is 16.5. The molecule has 0 aromatic rings. The molecule has 0 spiro atoms. The Morgan fingerprint density at radius 3 is 2.42 bits per heavy atom. The van der Waals surface area contributed by atoms with Crippen LogP contribution >= 0.6 is 0 Å². The van der Waals surface area contributed by atoms with Crippen LogP contribution in [0.15, 0.2) is 0 Å². The van der Waals surface area contributed by atoms with Crippen molar-refractivity contribution < 1.29 is 4.74 Å². The fraction of sp³-hybridized carbons (Fsp3) is 1.00. The average molecular weight is 174 g/mol. The molecular weight excluding hydrogens is 152 g/mol. The summed E-state index contributed by atoms with van der Waals surface area (Å²) in [6, 6.07) is 0. The lowest BCUT2D eigenvalue weighted by Gasteiger charge is -2.19. The molecule has 0 unspecified atom stereocenters. The van der Waals surface area contributed by atoms with E-state index in [2.05, 4.69) is 11.8 Å². The lowest BCUT2D eigenvalue weighted by atomic mass is 10.3. The zero-order chi connectivity index (χ0) is 9.23. The summed E-state index contributed by atoms with van der Waals surface area (Å²) in [5.41, 5.74) is 5.43. The van der Waals surface area contributed by atoms with Gasteiger partial charge in [-0.25, -0.2) is 0 Å². The highest BCUT2D eigenvalue weighted by Gasteiger charge is 1.99. The van der Waals surface area contributed by atoms with E-state index >= 15 is 0 Å². The van der Waals surface area contributed by atoms with Crippen molar-refractivity contribution in [3.05, 3.63) is 0 Å². The Kier molecular flexibility index (Phi) is 8.88. The third-order valence-corrected chi connectivity index (χ3v) is 1.95. The van der Waals surface area contributed by atoms with Gasteiger partial charge in [0.2, 0.25) is 0 Å². The molecule has 0 aliphatic heterocycles. The molecule has 74 valence electrons. The Labute approximate surface area is 75.9 Å². The van der Waals surface area contributed by atoms with Crippen LogP contribution in [0.1, 0.15) is 19.8 Å². The molecular formula is C9H22N2O. The van der Waals surface area contributed by atoms with Gasteiger partial charge < -0.3 is 15.4 Å². The van der Waals surface area contributed by atoms with Gasteiger partial charge in [-0.3, -0.25) is 0 Å². The third-order valence-electron chi connectivity index (χ3n) is 1.95. The summed E-state index contributed by atoms with van der Waals surface area (Å²) < 4.78 is 4.99. The van der Waals surface area contributed by atoms with Crippen LogP contribution in [0.25, 0.3) is 0 Å². The van der Waals surface area contributed by atoms with E-state index in [9.17, 15) is 0 Å². The van der Waals surface area contributed by atoms with Gasteiger partial charge in [0, 0.05) is 20.3 Å². The highest BCUT2D eigenvalue weighted by Crippen LogP contribution is 1.93. The Hall–Kier alpha value is -0.120. The molecule has 2 N–H and O–H groups in total. The summed E-state index contributed by atoms with van der Waals surface area (Å²) in [5.74, 6) is 0. The molecule has 0 aromatic heterocycles. The summed E-state index contributed by atoms with van der Waals surface area (Å²) in [6.45, 7) is 7.20. The smallest absolute Gasteiger partial charge is 0.0474 e. The van der Waals surface area contributed by atoms with Gasteiger partial charge in [-0.2, -0.15) is 0 Å². The standard InChI is InChI=1S/C9H22N2O/c1-3-11(7-4-6-10)8-5-9-12-2/h3-10H2,1-2H3. The minimum atomic E-state index is 0.792. The Morgan fingerprint density at radius 2 is 1.92 bits per heavy atom. The SMILES string of the molecule is CCN(CCCN)CCCOC.